The summed E-state index contributed by atoms with van der Waals surface area (Å²) in [6.07, 6.45) is 3.16. The number of hydrogen-bond acceptors (Lipinski definition) is 5. The summed E-state index contributed by atoms with van der Waals surface area (Å²) < 4.78 is 0. The molecule has 0 saturated carbocycles. The first kappa shape index (κ1) is 20.0. The van der Waals surface area contributed by atoms with Gasteiger partial charge in [-0.25, -0.2) is 0 Å². The average molecular weight is 399 g/mol. The van der Waals surface area contributed by atoms with Gasteiger partial charge in [0.15, 0.2) is 0 Å². The summed E-state index contributed by atoms with van der Waals surface area (Å²) in [6.45, 7) is 6.68. The zero-order valence-electron chi connectivity index (χ0n) is 17.0. The number of carbonyl (C=O) groups excluding carboxylic acids is 3. The lowest BCUT2D eigenvalue weighted by atomic mass is 9.86. The maximum atomic E-state index is 12.9. The van der Waals surface area contributed by atoms with Crippen molar-refractivity contribution in [3.05, 3.63) is 34.9 Å². The van der Waals surface area contributed by atoms with E-state index in [2.05, 4.69) is 28.9 Å². The van der Waals surface area contributed by atoms with Gasteiger partial charge in [0, 0.05) is 25.1 Å². The first-order chi connectivity index (χ1) is 14.0. The molecule has 3 heterocycles. The van der Waals surface area contributed by atoms with Crippen LogP contribution in [-0.2, 0) is 22.7 Å². The van der Waals surface area contributed by atoms with E-state index in [1.807, 2.05) is 12.1 Å². The molecule has 7 heteroatoms. The van der Waals surface area contributed by atoms with Gasteiger partial charge in [-0.1, -0.05) is 19.1 Å². The van der Waals surface area contributed by atoms with Gasteiger partial charge in [0.2, 0.25) is 11.8 Å². The number of hydrogen-bond donors (Lipinski definition) is 3. The van der Waals surface area contributed by atoms with Gasteiger partial charge in [0.1, 0.15) is 6.04 Å². The Labute approximate surface area is 171 Å². The molecule has 3 amide bonds. The molecule has 0 spiro atoms. The largest absolute Gasteiger partial charge is 0.322 e. The summed E-state index contributed by atoms with van der Waals surface area (Å²) in [4.78, 5) is 38.0. The third-order valence-corrected chi connectivity index (χ3v) is 6.58. The summed E-state index contributed by atoms with van der Waals surface area (Å²) >= 11 is 0. The third-order valence-electron chi connectivity index (χ3n) is 6.58. The van der Waals surface area contributed by atoms with E-state index in [-0.39, 0.29) is 24.1 Å². The number of rotatable bonds is 6. The van der Waals surface area contributed by atoms with Gasteiger partial charge in [0.25, 0.3) is 5.91 Å². The Morgan fingerprint density at radius 2 is 1.97 bits per heavy atom. The monoisotopic (exact) mass is 398 g/mol. The Kier molecular flexibility index (Phi) is 5.96. The van der Waals surface area contributed by atoms with Crippen LogP contribution in [0.15, 0.2) is 18.2 Å². The second kappa shape index (κ2) is 8.63. The van der Waals surface area contributed by atoms with Crippen LogP contribution in [0, 0.1) is 11.8 Å². The molecular weight excluding hydrogens is 368 g/mol. The fourth-order valence-corrected chi connectivity index (χ4v) is 4.74. The number of amides is 3. The third kappa shape index (κ3) is 4.36. The van der Waals surface area contributed by atoms with Crippen molar-refractivity contribution >= 4 is 17.7 Å². The van der Waals surface area contributed by atoms with Crippen LogP contribution in [0.2, 0.25) is 0 Å². The molecule has 3 aliphatic rings. The molecule has 0 aromatic heterocycles. The summed E-state index contributed by atoms with van der Waals surface area (Å²) in [5.74, 6) is 0.668. The van der Waals surface area contributed by atoms with E-state index in [0.29, 0.717) is 24.4 Å². The van der Waals surface area contributed by atoms with Crippen LogP contribution in [0.4, 0.5) is 0 Å². The zero-order chi connectivity index (χ0) is 20.4. The highest BCUT2D eigenvalue weighted by Crippen LogP contribution is 2.28. The first-order valence-electron chi connectivity index (χ1n) is 10.7. The minimum Gasteiger partial charge on any atom is -0.322 e. The highest BCUT2D eigenvalue weighted by Gasteiger charge is 2.39. The van der Waals surface area contributed by atoms with Crippen molar-refractivity contribution in [2.75, 3.05) is 19.6 Å². The molecule has 2 saturated heterocycles. The van der Waals surface area contributed by atoms with Gasteiger partial charge < -0.3 is 15.5 Å². The van der Waals surface area contributed by atoms with Gasteiger partial charge in [-0.2, -0.15) is 0 Å². The van der Waals surface area contributed by atoms with Crippen LogP contribution in [0.3, 0.4) is 0 Å². The maximum absolute atomic E-state index is 12.9. The van der Waals surface area contributed by atoms with E-state index in [1.54, 1.807) is 4.90 Å². The number of carbonyl (C=O) groups is 3. The molecule has 29 heavy (non-hydrogen) atoms. The Hall–Kier alpha value is -2.25. The van der Waals surface area contributed by atoms with Crippen LogP contribution < -0.4 is 16.0 Å². The minimum absolute atomic E-state index is 0.112. The van der Waals surface area contributed by atoms with Crippen molar-refractivity contribution < 1.29 is 14.4 Å². The highest BCUT2D eigenvalue weighted by atomic mass is 16.2. The minimum atomic E-state index is -0.556. The second-order valence-corrected chi connectivity index (χ2v) is 8.59. The lowest BCUT2D eigenvalue weighted by molar-refractivity contribution is -0.136. The summed E-state index contributed by atoms with van der Waals surface area (Å²) in [5, 5.41) is 9.30. The summed E-state index contributed by atoms with van der Waals surface area (Å²) in [7, 11) is 0. The van der Waals surface area contributed by atoms with Gasteiger partial charge in [-0.15, -0.1) is 0 Å². The van der Waals surface area contributed by atoms with Crippen molar-refractivity contribution in [3.63, 3.8) is 0 Å². The lowest BCUT2D eigenvalue weighted by Gasteiger charge is -2.29. The topological polar surface area (TPSA) is 90.5 Å². The van der Waals surface area contributed by atoms with Crippen molar-refractivity contribution in [1.82, 2.24) is 20.9 Å². The second-order valence-electron chi connectivity index (χ2n) is 8.59. The molecule has 4 rings (SSSR count). The Balaban J connectivity index is 1.34. The van der Waals surface area contributed by atoms with Gasteiger partial charge in [-0.05, 0) is 67.9 Å². The number of benzene rings is 1. The molecule has 1 aromatic rings. The normalized spacial score (nSPS) is 23.8. The van der Waals surface area contributed by atoms with Crippen LogP contribution in [0.25, 0.3) is 0 Å². The van der Waals surface area contributed by atoms with Crippen molar-refractivity contribution in [2.24, 2.45) is 11.8 Å². The number of imide groups is 1. The van der Waals surface area contributed by atoms with Crippen LogP contribution >= 0.6 is 0 Å². The molecule has 1 aromatic carbocycles. The fraction of sp³-hybridized carbons (Fsp3) is 0.591. The summed E-state index contributed by atoms with van der Waals surface area (Å²) in [6, 6.07) is 5.44. The molecule has 2 atom stereocenters. The SMILES string of the molecule is CC(CNCc1ccc2c(c1)C(=O)N(C1CCC(=O)NC1=O)C2)C1CCNCC1. The maximum Gasteiger partial charge on any atom is 0.255 e. The van der Waals surface area contributed by atoms with Crippen LogP contribution in [0.1, 0.15) is 54.1 Å². The first-order valence-corrected chi connectivity index (χ1v) is 10.7. The Bertz CT molecular complexity index is 803. The number of nitrogens with one attached hydrogen (secondary N) is 3. The predicted molar refractivity (Wildman–Crippen MR) is 109 cm³/mol. The summed E-state index contributed by atoms with van der Waals surface area (Å²) in [5.41, 5.74) is 2.71. The van der Waals surface area contributed by atoms with Crippen LogP contribution in [0.5, 0.6) is 0 Å². The van der Waals surface area contributed by atoms with E-state index in [9.17, 15) is 14.4 Å². The van der Waals surface area contributed by atoms with E-state index in [4.69, 9.17) is 0 Å². The number of nitrogens with zero attached hydrogens (tertiary/aromatic N) is 1. The molecule has 3 N–H and O–H groups in total. The highest BCUT2D eigenvalue weighted by molar-refractivity contribution is 6.05. The molecule has 0 radical (unpaired) electrons. The molecular formula is C22H30N4O3. The van der Waals surface area contributed by atoms with Gasteiger partial charge in [0.05, 0.1) is 0 Å². The van der Waals surface area contributed by atoms with Crippen molar-refractivity contribution in [2.45, 2.75) is 51.7 Å². The van der Waals surface area contributed by atoms with Crippen molar-refractivity contribution in [3.8, 4) is 0 Å². The number of piperidine rings is 2. The Morgan fingerprint density at radius 3 is 2.72 bits per heavy atom. The average Bonchev–Trinajstić information content (AvgIpc) is 3.04. The van der Waals surface area contributed by atoms with Gasteiger partial charge >= 0.3 is 0 Å². The lowest BCUT2D eigenvalue weighted by Crippen LogP contribution is -2.52. The van der Waals surface area contributed by atoms with E-state index >= 15 is 0 Å². The molecule has 156 valence electrons. The standard InChI is InChI=1S/C22H30N4O3/c1-14(16-6-8-23-9-7-16)11-24-12-15-2-3-17-13-26(22(29)18(17)10-15)19-4-5-20(27)25-21(19)28/h2-3,10,14,16,19,23-24H,4-9,11-13H2,1H3,(H,25,27,28). The van der Waals surface area contributed by atoms with Crippen molar-refractivity contribution in [1.29, 1.82) is 0 Å². The molecule has 3 aliphatic heterocycles. The van der Waals surface area contributed by atoms with Crippen LogP contribution in [-0.4, -0.2) is 48.3 Å². The molecule has 2 fully saturated rings. The molecule has 0 bridgehead atoms. The smallest absolute Gasteiger partial charge is 0.255 e. The van der Waals surface area contributed by atoms with E-state index in [0.717, 1.165) is 43.2 Å². The van der Waals surface area contributed by atoms with E-state index in [1.165, 1.54) is 12.8 Å². The molecule has 7 nitrogen and oxygen atoms in total. The van der Waals surface area contributed by atoms with E-state index < -0.39 is 6.04 Å². The number of fused-ring (bicyclic) bond motifs is 1. The fourth-order valence-electron chi connectivity index (χ4n) is 4.74. The Morgan fingerprint density at radius 1 is 1.17 bits per heavy atom. The van der Waals surface area contributed by atoms with Gasteiger partial charge in [-0.3, -0.25) is 19.7 Å². The molecule has 2 unspecified atom stereocenters. The quantitative estimate of drug-likeness (QED) is 0.626. The zero-order valence-corrected chi connectivity index (χ0v) is 17.0. The molecule has 0 aliphatic carbocycles. The predicted octanol–water partition coefficient (Wildman–Crippen LogP) is 1.17.